The number of unbranched alkanes of at least 4 members (excludes halogenated alkanes) is 11. The van der Waals surface area contributed by atoms with E-state index in [9.17, 15) is 4.79 Å². The van der Waals surface area contributed by atoms with Crippen molar-refractivity contribution in [1.82, 2.24) is 5.32 Å². The lowest BCUT2D eigenvalue weighted by Gasteiger charge is -2.03. The van der Waals surface area contributed by atoms with Crippen LogP contribution in [0.25, 0.3) is 0 Å². The zero-order valence-corrected chi connectivity index (χ0v) is 14.0. The molecular formula is C18H36NO. The Bertz CT molecular complexity index is 204. The molecule has 0 saturated carbocycles. The summed E-state index contributed by atoms with van der Waals surface area (Å²) in [4.78, 5) is 11.4. The molecule has 0 unspecified atom stereocenters. The summed E-state index contributed by atoms with van der Waals surface area (Å²) in [6.45, 7) is 5.12. The number of rotatable bonds is 15. The summed E-state index contributed by atoms with van der Waals surface area (Å²) in [6, 6.07) is 0. The largest absolute Gasteiger partial charge is 0.273 e. The van der Waals surface area contributed by atoms with Crippen LogP contribution in [-0.2, 0) is 4.79 Å². The van der Waals surface area contributed by atoms with Gasteiger partial charge < -0.3 is 0 Å². The second kappa shape index (κ2) is 16.5. The second-order valence-electron chi connectivity index (χ2n) is 5.91. The zero-order valence-electron chi connectivity index (χ0n) is 14.0. The van der Waals surface area contributed by atoms with Gasteiger partial charge >= 0.3 is 0 Å². The van der Waals surface area contributed by atoms with E-state index in [2.05, 4.69) is 19.2 Å². The van der Waals surface area contributed by atoms with Crippen LogP contribution in [0, 0.1) is 0 Å². The van der Waals surface area contributed by atoms with Crippen LogP contribution in [0.5, 0.6) is 0 Å². The lowest BCUT2D eigenvalue weighted by molar-refractivity contribution is -0.121. The Hall–Kier alpha value is -0.530. The summed E-state index contributed by atoms with van der Waals surface area (Å²) in [7, 11) is 0. The first-order valence-corrected chi connectivity index (χ1v) is 9.01. The number of carbonyl (C=O) groups is 1. The van der Waals surface area contributed by atoms with Crippen molar-refractivity contribution in [2.45, 2.75) is 104 Å². The minimum Gasteiger partial charge on any atom is -0.273 e. The maximum atomic E-state index is 11.4. The Morgan fingerprint density at radius 2 is 1.10 bits per heavy atom. The summed E-state index contributed by atoms with van der Waals surface area (Å²) in [6.07, 6.45) is 17.5. The first kappa shape index (κ1) is 19.5. The molecule has 0 aliphatic carbocycles. The van der Waals surface area contributed by atoms with Gasteiger partial charge in [-0.25, -0.2) is 0 Å². The van der Waals surface area contributed by atoms with E-state index >= 15 is 0 Å². The number of hydrogen-bond acceptors (Lipinski definition) is 1. The molecule has 20 heavy (non-hydrogen) atoms. The normalized spacial score (nSPS) is 10.7. The standard InChI is InChI=1S/C18H36NO/c1-3-5-7-8-9-10-11-12-13-14-15-16-18(20)19-17-6-4-2/h3-17H2,1-2H3. The zero-order chi connectivity index (χ0) is 14.9. The van der Waals surface area contributed by atoms with E-state index in [0.717, 1.165) is 25.8 Å². The summed E-state index contributed by atoms with van der Waals surface area (Å²) >= 11 is 0. The van der Waals surface area contributed by atoms with E-state index < -0.39 is 0 Å². The van der Waals surface area contributed by atoms with Gasteiger partial charge in [0.25, 0.3) is 0 Å². The van der Waals surface area contributed by atoms with Crippen molar-refractivity contribution >= 4 is 5.91 Å². The molecule has 0 aromatic heterocycles. The highest BCUT2D eigenvalue weighted by Crippen LogP contribution is 2.11. The molecule has 1 radical (unpaired) electrons. The first-order valence-electron chi connectivity index (χ1n) is 9.01. The van der Waals surface area contributed by atoms with Crippen LogP contribution in [0.15, 0.2) is 0 Å². The van der Waals surface area contributed by atoms with Crippen molar-refractivity contribution in [2.24, 2.45) is 0 Å². The third-order valence-electron chi connectivity index (χ3n) is 3.79. The minimum absolute atomic E-state index is 0.120. The molecule has 0 spiro atoms. The topological polar surface area (TPSA) is 31.2 Å². The van der Waals surface area contributed by atoms with Gasteiger partial charge in [0.05, 0.1) is 0 Å². The Morgan fingerprint density at radius 1 is 0.650 bits per heavy atom. The second-order valence-corrected chi connectivity index (χ2v) is 5.91. The van der Waals surface area contributed by atoms with E-state index in [1.54, 1.807) is 0 Å². The van der Waals surface area contributed by atoms with Gasteiger partial charge in [0, 0.05) is 13.0 Å². The average molecular weight is 282 g/mol. The quantitative estimate of drug-likeness (QED) is 0.359. The molecule has 0 aliphatic heterocycles. The predicted octanol–water partition coefficient (Wildman–Crippen LogP) is 5.62. The molecule has 0 atom stereocenters. The van der Waals surface area contributed by atoms with Crippen LogP contribution in [-0.4, -0.2) is 12.5 Å². The van der Waals surface area contributed by atoms with Gasteiger partial charge in [-0.1, -0.05) is 84.5 Å². The van der Waals surface area contributed by atoms with Gasteiger partial charge in [-0.2, -0.15) is 0 Å². The molecule has 0 fully saturated rings. The number of carbonyl (C=O) groups excluding carboxylic acids is 1. The van der Waals surface area contributed by atoms with Gasteiger partial charge in [-0.3, -0.25) is 10.1 Å². The molecular weight excluding hydrogens is 246 g/mol. The smallest absolute Gasteiger partial charge is 0.241 e. The fraction of sp³-hybridized carbons (Fsp3) is 0.944. The van der Waals surface area contributed by atoms with E-state index in [0.29, 0.717) is 6.42 Å². The van der Waals surface area contributed by atoms with E-state index in [-0.39, 0.29) is 5.91 Å². The van der Waals surface area contributed by atoms with Crippen molar-refractivity contribution in [3.8, 4) is 0 Å². The van der Waals surface area contributed by atoms with E-state index in [1.807, 2.05) is 0 Å². The number of amides is 1. The number of hydrogen-bond donors (Lipinski definition) is 0. The van der Waals surface area contributed by atoms with Crippen LogP contribution in [0.2, 0.25) is 0 Å². The van der Waals surface area contributed by atoms with Crippen molar-refractivity contribution in [1.29, 1.82) is 0 Å². The molecule has 0 aliphatic rings. The van der Waals surface area contributed by atoms with Crippen molar-refractivity contribution in [3.05, 3.63) is 0 Å². The fourth-order valence-corrected chi connectivity index (χ4v) is 2.38. The van der Waals surface area contributed by atoms with Crippen LogP contribution in [0.1, 0.15) is 104 Å². The molecule has 0 aromatic carbocycles. The third kappa shape index (κ3) is 15.5. The molecule has 2 nitrogen and oxygen atoms in total. The van der Waals surface area contributed by atoms with Gasteiger partial charge in [0.15, 0.2) is 0 Å². The molecule has 119 valence electrons. The lowest BCUT2D eigenvalue weighted by atomic mass is 10.1. The fourth-order valence-electron chi connectivity index (χ4n) is 2.38. The Morgan fingerprint density at radius 3 is 1.60 bits per heavy atom. The molecule has 0 bridgehead atoms. The molecule has 2 heteroatoms. The van der Waals surface area contributed by atoms with Crippen molar-refractivity contribution in [2.75, 3.05) is 6.54 Å². The number of nitrogens with zero attached hydrogens (tertiary/aromatic N) is 1. The maximum absolute atomic E-state index is 11.4. The van der Waals surface area contributed by atoms with Gasteiger partial charge in [-0.15, -0.1) is 0 Å². The highest BCUT2D eigenvalue weighted by atomic mass is 16.1. The Labute approximate surface area is 127 Å². The molecule has 1 amide bonds. The summed E-state index contributed by atoms with van der Waals surface area (Å²) in [5.41, 5.74) is 0. The maximum Gasteiger partial charge on any atom is 0.241 e. The highest BCUT2D eigenvalue weighted by molar-refractivity contribution is 5.75. The molecule has 0 aromatic rings. The summed E-state index contributed by atoms with van der Waals surface area (Å²) in [5.74, 6) is 0.120. The third-order valence-corrected chi connectivity index (χ3v) is 3.79. The van der Waals surface area contributed by atoms with E-state index in [4.69, 9.17) is 0 Å². The van der Waals surface area contributed by atoms with Gasteiger partial charge in [-0.05, 0) is 12.8 Å². The SMILES string of the molecule is CCCCCCCCCCCCCC(=O)[N]CCCC. The highest BCUT2D eigenvalue weighted by Gasteiger charge is 2.01. The predicted molar refractivity (Wildman–Crippen MR) is 88.0 cm³/mol. The molecule has 0 N–H and O–H groups in total. The molecule has 0 saturated heterocycles. The first-order chi connectivity index (χ1) is 9.81. The Kier molecular flexibility index (Phi) is 16.1. The van der Waals surface area contributed by atoms with Crippen LogP contribution < -0.4 is 5.32 Å². The molecule has 0 heterocycles. The van der Waals surface area contributed by atoms with Crippen LogP contribution in [0.3, 0.4) is 0 Å². The van der Waals surface area contributed by atoms with E-state index in [1.165, 1.54) is 64.2 Å². The van der Waals surface area contributed by atoms with Crippen molar-refractivity contribution in [3.63, 3.8) is 0 Å². The minimum atomic E-state index is 0.120. The monoisotopic (exact) mass is 282 g/mol. The lowest BCUT2D eigenvalue weighted by Crippen LogP contribution is -2.16. The summed E-state index contributed by atoms with van der Waals surface area (Å²) in [5, 5.41) is 4.06. The van der Waals surface area contributed by atoms with Gasteiger partial charge in [0.1, 0.15) is 0 Å². The Balaban J connectivity index is 3.07. The van der Waals surface area contributed by atoms with Crippen LogP contribution >= 0.6 is 0 Å². The van der Waals surface area contributed by atoms with Gasteiger partial charge in [0.2, 0.25) is 5.91 Å². The van der Waals surface area contributed by atoms with Crippen LogP contribution in [0.4, 0.5) is 0 Å². The molecule has 0 rings (SSSR count). The summed E-state index contributed by atoms with van der Waals surface area (Å²) < 4.78 is 0. The van der Waals surface area contributed by atoms with Crippen molar-refractivity contribution < 1.29 is 4.79 Å². The average Bonchev–Trinajstić information content (AvgIpc) is 2.45.